The fourth-order valence-electron chi connectivity index (χ4n) is 5.14. The number of methoxy groups -OCH3 is 4. The maximum absolute atomic E-state index is 13.5. The monoisotopic (exact) mass is 542 g/mol. The van der Waals surface area contributed by atoms with E-state index in [-0.39, 0.29) is 17.9 Å². The minimum absolute atomic E-state index is 0.00827. The van der Waals surface area contributed by atoms with Gasteiger partial charge in [0.25, 0.3) is 11.7 Å². The van der Waals surface area contributed by atoms with Crippen LogP contribution >= 0.6 is 0 Å². The molecular formula is C31H30N2O7. The summed E-state index contributed by atoms with van der Waals surface area (Å²) < 4.78 is 21.6. The van der Waals surface area contributed by atoms with Gasteiger partial charge in [-0.15, -0.1) is 0 Å². The molecule has 0 saturated carbocycles. The molecule has 0 spiro atoms. The zero-order valence-electron chi connectivity index (χ0n) is 22.7. The second kappa shape index (κ2) is 11.1. The number of aliphatic hydroxyl groups excluding tert-OH is 1. The molecule has 1 amide bonds. The van der Waals surface area contributed by atoms with Gasteiger partial charge in [0, 0.05) is 29.2 Å². The quantitative estimate of drug-likeness (QED) is 0.176. The van der Waals surface area contributed by atoms with Crippen molar-refractivity contribution in [1.29, 1.82) is 0 Å². The van der Waals surface area contributed by atoms with Crippen LogP contribution in [0.2, 0.25) is 0 Å². The van der Waals surface area contributed by atoms with E-state index in [9.17, 15) is 14.7 Å². The number of rotatable bonds is 9. The topological polar surface area (TPSA) is 110 Å². The van der Waals surface area contributed by atoms with Crippen LogP contribution in [0.3, 0.4) is 0 Å². The van der Waals surface area contributed by atoms with Crippen molar-refractivity contribution in [3.8, 4) is 23.0 Å². The van der Waals surface area contributed by atoms with Crippen LogP contribution in [0.15, 0.2) is 72.4 Å². The fourth-order valence-corrected chi connectivity index (χ4v) is 5.14. The summed E-state index contributed by atoms with van der Waals surface area (Å²) in [6.07, 6.45) is 2.35. The zero-order chi connectivity index (χ0) is 28.4. The van der Waals surface area contributed by atoms with Crippen molar-refractivity contribution >= 4 is 28.4 Å². The predicted octanol–water partition coefficient (Wildman–Crippen LogP) is 4.87. The molecule has 206 valence electrons. The van der Waals surface area contributed by atoms with Crippen LogP contribution in [0.25, 0.3) is 16.7 Å². The Kier molecular flexibility index (Phi) is 7.37. The van der Waals surface area contributed by atoms with Gasteiger partial charge in [0.15, 0.2) is 11.5 Å². The third-order valence-corrected chi connectivity index (χ3v) is 7.20. The predicted molar refractivity (Wildman–Crippen MR) is 150 cm³/mol. The number of aromatic nitrogens is 1. The Labute approximate surface area is 231 Å². The zero-order valence-corrected chi connectivity index (χ0v) is 22.7. The van der Waals surface area contributed by atoms with Gasteiger partial charge in [-0.1, -0.05) is 18.2 Å². The number of benzene rings is 3. The Morgan fingerprint density at radius 3 is 2.35 bits per heavy atom. The van der Waals surface area contributed by atoms with Crippen LogP contribution in [-0.2, 0) is 16.0 Å². The number of aromatic amines is 1. The Bertz CT molecular complexity index is 1620. The van der Waals surface area contributed by atoms with Crippen LogP contribution < -0.4 is 18.9 Å². The van der Waals surface area contributed by atoms with Crippen molar-refractivity contribution in [3.63, 3.8) is 0 Å². The molecule has 1 fully saturated rings. The number of nitrogens with zero attached hydrogens (tertiary/aromatic N) is 1. The number of carbonyl (C=O) groups is 2. The number of aliphatic hydroxyl groups is 1. The highest BCUT2D eigenvalue weighted by Crippen LogP contribution is 2.42. The molecule has 1 aliphatic heterocycles. The third kappa shape index (κ3) is 4.70. The van der Waals surface area contributed by atoms with Gasteiger partial charge in [0.1, 0.15) is 17.3 Å². The van der Waals surface area contributed by atoms with Crippen LogP contribution in [0.1, 0.15) is 22.7 Å². The van der Waals surface area contributed by atoms with Gasteiger partial charge in [0.05, 0.1) is 40.1 Å². The Hall–Kier alpha value is -4.92. The largest absolute Gasteiger partial charge is 0.507 e. The SMILES string of the molecule is COc1cccc(/C(O)=C2/C(=O)C(=O)N(CCc3c[nH]c4ccc(OC)cc34)C2c2ccc(OC)c(OC)c2)c1. The second-order valence-corrected chi connectivity index (χ2v) is 9.31. The summed E-state index contributed by atoms with van der Waals surface area (Å²) in [5.41, 5.74) is 2.86. The molecule has 0 bridgehead atoms. The van der Waals surface area contributed by atoms with Crippen LogP contribution in [-0.4, -0.2) is 61.7 Å². The number of fused-ring (bicyclic) bond motifs is 1. The molecule has 2 N–H and O–H groups in total. The van der Waals surface area contributed by atoms with Crippen LogP contribution in [0.5, 0.6) is 23.0 Å². The molecule has 9 nitrogen and oxygen atoms in total. The maximum atomic E-state index is 13.5. The standard InChI is InChI=1S/C31H30N2O7/c1-37-21-7-5-6-19(14-21)29(34)27-28(18-8-11-25(39-3)26(15-18)40-4)33(31(36)30(27)35)13-12-20-17-32-24-10-9-22(38-2)16-23(20)24/h5-11,14-17,28,32,34H,12-13H2,1-4H3/b29-27-. The molecule has 0 radical (unpaired) electrons. The highest BCUT2D eigenvalue weighted by Gasteiger charge is 2.46. The molecule has 0 aliphatic carbocycles. The van der Waals surface area contributed by atoms with Crippen LogP contribution in [0.4, 0.5) is 0 Å². The van der Waals surface area contributed by atoms with E-state index in [1.807, 2.05) is 24.4 Å². The van der Waals surface area contributed by atoms with E-state index in [0.29, 0.717) is 34.8 Å². The molecule has 40 heavy (non-hydrogen) atoms. The number of likely N-dealkylation sites (tertiary alicyclic amines) is 1. The normalized spacial score (nSPS) is 16.4. The first kappa shape index (κ1) is 26.7. The minimum Gasteiger partial charge on any atom is -0.507 e. The number of nitrogens with one attached hydrogen (secondary N) is 1. The van der Waals surface area contributed by atoms with E-state index < -0.39 is 17.7 Å². The number of hydrogen-bond acceptors (Lipinski definition) is 7. The smallest absolute Gasteiger partial charge is 0.295 e. The molecule has 1 atom stereocenters. The van der Waals surface area contributed by atoms with Crippen molar-refractivity contribution in [2.75, 3.05) is 35.0 Å². The summed E-state index contributed by atoms with van der Waals surface area (Å²) in [5.74, 6) is 0.436. The molecule has 2 heterocycles. The lowest BCUT2D eigenvalue weighted by Crippen LogP contribution is -2.31. The van der Waals surface area contributed by atoms with Gasteiger partial charge >= 0.3 is 0 Å². The van der Waals surface area contributed by atoms with Gasteiger partial charge in [-0.05, 0) is 60.0 Å². The van der Waals surface area contributed by atoms with E-state index in [2.05, 4.69) is 4.98 Å². The summed E-state index contributed by atoms with van der Waals surface area (Å²) in [5, 5.41) is 12.4. The van der Waals surface area contributed by atoms with E-state index in [1.54, 1.807) is 49.6 Å². The summed E-state index contributed by atoms with van der Waals surface area (Å²) >= 11 is 0. The molecular weight excluding hydrogens is 512 g/mol. The van der Waals surface area contributed by atoms with E-state index in [4.69, 9.17) is 18.9 Å². The lowest BCUT2D eigenvalue weighted by molar-refractivity contribution is -0.139. The summed E-state index contributed by atoms with van der Waals surface area (Å²) in [7, 11) is 6.17. The lowest BCUT2D eigenvalue weighted by Gasteiger charge is -2.26. The lowest BCUT2D eigenvalue weighted by atomic mass is 9.94. The summed E-state index contributed by atoms with van der Waals surface area (Å²) in [6, 6.07) is 16.8. The van der Waals surface area contributed by atoms with Crippen LogP contribution in [0, 0.1) is 0 Å². The molecule has 9 heteroatoms. The number of ketones is 1. The number of H-pyrrole nitrogens is 1. The van der Waals surface area contributed by atoms with Gasteiger partial charge in [-0.3, -0.25) is 9.59 Å². The molecule has 4 aromatic rings. The van der Waals surface area contributed by atoms with Gasteiger partial charge in [-0.2, -0.15) is 0 Å². The highest BCUT2D eigenvalue weighted by molar-refractivity contribution is 6.46. The average molecular weight is 543 g/mol. The molecule has 5 rings (SSSR count). The molecule has 1 aromatic heterocycles. The molecule has 1 aliphatic rings. The molecule has 3 aromatic carbocycles. The van der Waals surface area contributed by atoms with E-state index >= 15 is 0 Å². The number of carbonyl (C=O) groups excluding carboxylic acids is 2. The maximum Gasteiger partial charge on any atom is 0.295 e. The Morgan fingerprint density at radius 2 is 1.62 bits per heavy atom. The first-order valence-electron chi connectivity index (χ1n) is 12.7. The highest BCUT2D eigenvalue weighted by atomic mass is 16.5. The molecule has 1 unspecified atom stereocenters. The fraction of sp³-hybridized carbons (Fsp3) is 0.226. The van der Waals surface area contributed by atoms with Crippen molar-refractivity contribution in [1.82, 2.24) is 9.88 Å². The first-order valence-corrected chi connectivity index (χ1v) is 12.7. The third-order valence-electron chi connectivity index (χ3n) is 7.20. The van der Waals surface area contributed by atoms with Gasteiger partial charge in [0.2, 0.25) is 0 Å². The number of amides is 1. The summed E-state index contributed by atoms with van der Waals surface area (Å²) in [6.45, 7) is 0.225. The van der Waals surface area contributed by atoms with Crippen molar-refractivity contribution in [3.05, 3.63) is 89.1 Å². The van der Waals surface area contributed by atoms with E-state index in [1.165, 1.54) is 26.2 Å². The number of ether oxygens (including phenoxy) is 4. The average Bonchev–Trinajstić information content (AvgIpc) is 3.52. The minimum atomic E-state index is -0.856. The van der Waals surface area contributed by atoms with Gasteiger partial charge in [-0.25, -0.2) is 0 Å². The number of hydrogen-bond donors (Lipinski definition) is 2. The Morgan fingerprint density at radius 1 is 0.875 bits per heavy atom. The molecule has 1 saturated heterocycles. The Balaban J connectivity index is 1.60. The van der Waals surface area contributed by atoms with Crippen molar-refractivity contribution in [2.45, 2.75) is 12.5 Å². The first-order chi connectivity index (χ1) is 19.4. The second-order valence-electron chi connectivity index (χ2n) is 9.31. The summed E-state index contributed by atoms with van der Waals surface area (Å²) in [4.78, 5) is 31.7. The van der Waals surface area contributed by atoms with E-state index in [0.717, 1.165) is 22.2 Å². The van der Waals surface area contributed by atoms with Crippen molar-refractivity contribution < 1.29 is 33.6 Å². The number of Topliss-reactive ketones (excluding diaryl/α,β-unsaturated/α-hetero) is 1. The van der Waals surface area contributed by atoms with Gasteiger partial charge < -0.3 is 33.9 Å². The van der Waals surface area contributed by atoms with Crippen molar-refractivity contribution in [2.24, 2.45) is 0 Å².